The molecule has 2 unspecified atom stereocenters. The maximum atomic E-state index is 11.7. The zero-order chi connectivity index (χ0) is 14.1. The standard InChI is InChI=1S/C17H18N2O/c18-15-10-9-11-5-1-2-6-12(11)16(15)13-7-3-4-8-14(13)17(19)20/h1-8,15-16H,9-10,18H2,(H2,19,20). The molecule has 3 nitrogen and oxygen atoms in total. The molecule has 0 spiro atoms. The van der Waals surface area contributed by atoms with Crippen LogP contribution in [0.25, 0.3) is 0 Å². The molecule has 0 aromatic heterocycles. The van der Waals surface area contributed by atoms with E-state index >= 15 is 0 Å². The van der Waals surface area contributed by atoms with E-state index in [9.17, 15) is 4.79 Å². The van der Waals surface area contributed by atoms with Gasteiger partial charge in [0.15, 0.2) is 0 Å². The molecule has 3 heteroatoms. The molecule has 102 valence electrons. The van der Waals surface area contributed by atoms with Crippen LogP contribution in [-0.2, 0) is 6.42 Å². The molecule has 1 aliphatic carbocycles. The number of nitrogens with two attached hydrogens (primary N) is 2. The molecule has 4 N–H and O–H groups in total. The summed E-state index contributed by atoms with van der Waals surface area (Å²) in [6.45, 7) is 0. The van der Waals surface area contributed by atoms with Crippen LogP contribution in [0.3, 0.4) is 0 Å². The summed E-state index contributed by atoms with van der Waals surface area (Å²) in [6.07, 6.45) is 1.92. The Morgan fingerprint density at radius 3 is 2.40 bits per heavy atom. The number of rotatable bonds is 2. The Hall–Kier alpha value is -2.13. The summed E-state index contributed by atoms with van der Waals surface area (Å²) >= 11 is 0. The van der Waals surface area contributed by atoms with Crippen molar-refractivity contribution in [1.82, 2.24) is 0 Å². The molecule has 2 aromatic carbocycles. The average molecular weight is 266 g/mol. The molecule has 0 bridgehead atoms. The zero-order valence-electron chi connectivity index (χ0n) is 11.3. The molecular weight excluding hydrogens is 248 g/mol. The maximum Gasteiger partial charge on any atom is 0.248 e. The van der Waals surface area contributed by atoms with E-state index in [2.05, 4.69) is 12.1 Å². The fourth-order valence-electron chi connectivity index (χ4n) is 3.18. The van der Waals surface area contributed by atoms with Crippen molar-refractivity contribution in [3.63, 3.8) is 0 Å². The Bertz CT molecular complexity index is 651. The topological polar surface area (TPSA) is 69.1 Å². The number of benzene rings is 2. The minimum absolute atomic E-state index is 0.0189. The summed E-state index contributed by atoms with van der Waals surface area (Å²) in [6, 6.07) is 15.9. The van der Waals surface area contributed by atoms with Gasteiger partial charge in [0.2, 0.25) is 5.91 Å². The van der Waals surface area contributed by atoms with E-state index < -0.39 is 5.91 Å². The van der Waals surface area contributed by atoms with Gasteiger partial charge in [0, 0.05) is 17.5 Å². The maximum absolute atomic E-state index is 11.7. The normalized spacial score (nSPS) is 21.2. The Kier molecular flexibility index (Phi) is 3.28. The van der Waals surface area contributed by atoms with Crippen molar-refractivity contribution in [3.8, 4) is 0 Å². The van der Waals surface area contributed by atoms with Crippen LogP contribution in [0.5, 0.6) is 0 Å². The van der Waals surface area contributed by atoms with Crippen molar-refractivity contribution >= 4 is 5.91 Å². The Labute approximate surface area is 118 Å². The predicted molar refractivity (Wildman–Crippen MR) is 79.5 cm³/mol. The highest BCUT2D eigenvalue weighted by Crippen LogP contribution is 2.37. The van der Waals surface area contributed by atoms with Gasteiger partial charge in [-0.25, -0.2) is 0 Å². The number of amides is 1. The Morgan fingerprint density at radius 1 is 1.00 bits per heavy atom. The number of carbonyl (C=O) groups excluding carboxylic acids is 1. The SMILES string of the molecule is NC(=O)c1ccccc1C1c2ccccc2CCC1N. The molecule has 20 heavy (non-hydrogen) atoms. The van der Waals surface area contributed by atoms with Crippen molar-refractivity contribution in [3.05, 3.63) is 70.8 Å². The van der Waals surface area contributed by atoms with Crippen LogP contribution in [0.15, 0.2) is 48.5 Å². The zero-order valence-corrected chi connectivity index (χ0v) is 11.3. The van der Waals surface area contributed by atoms with Gasteiger partial charge in [-0.2, -0.15) is 0 Å². The molecule has 2 atom stereocenters. The van der Waals surface area contributed by atoms with Gasteiger partial charge >= 0.3 is 0 Å². The fraction of sp³-hybridized carbons (Fsp3) is 0.235. The second kappa shape index (κ2) is 5.10. The van der Waals surface area contributed by atoms with Gasteiger partial charge in [0.1, 0.15) is 0 Å². The van der Waals surface area contributed by atoms with E-state index in [1.807, 2.05) is 30.3 Å². The van der Waals surface area contributed by atoms with Crippen molar-refractivity contribution in [2.75, 3.05) is 0 Å². The number of hydrogen-bond donors (Lipinski definition) is 2. The van der Waals surface area contributed by atoms with Crippen LogP contribution >= 0.6 is 0 Å². The monoisotopic (exact) mass is 266 g/mol. The molecule has 1 aliphatic rings. The number of primary amides is 1. The van der Waals surface area contributed by atoms with Crippen LogP contribution in [0.1, 0.15) is 39.4 Å². The largest absolute Gasteiger partial charge is 0.366 e. The van der Waals surface area contributed by atoms with Crippen molar-refractivity contribution in [1.29, 1.82) is 0 Å². The minimum atomic E-state index is -0.393. The summed E-state index contributed by atoms with van der Waals surface area (Å²) < 4.78 is 0. The van der Waals surface area contributed by atoms with Gasteiger partial charge in [-0.1, -0.05) is 42.5 Å². The number of aryl methyl sites for hydroxylation is 1. The molecule has 0 saturated carbocycles. The first-order valence-corrected chi connectivity index (χ1v) is 6.90. The Balaban J connectivity index is 2.17. The molecular formula is C17H18N2O. The fourth-order valence-corrected chi connectivity index (χ4v) is 3.18. The summed E-state index contributed by atoms with van der Waals surface area (Å²) in [5.41, 5.74) is 15.9. The van der Waals surface area contributed by atoms with E-state index in [0.29, 0.717) is 5.56 Å². The van der Waals surface area contributed by atoms with Gasteiger partial charge in [0.25, 0.3) is 0 Å². The van der Waals surface area contributed by atoms with E-state index in [1.54, 1.807) is 6.07 Å². The summed E-state index contributed by atoms with van der Waals surface area (Å²) in [5, 5.41) is 0. The second-order valence-corrected chi connectivity index (χ2v) is 5.33. The first-order chi connectivity index (χ1) is 9.68. The number of carbonyl (C=O) groups is 1. The first kappa shape index (κ1) is 12.9. The molecule has 0 heterocycles. The third-order valence-electron chi connectivity index (χ3n) is 4.13. The van der Waals surface area contributed by atoms with Crippen LogP contribution in [0, 0.1) is 0 Å². The minimum Gasteiger partial charge on any atom is -0.366 e. The number of fused-ring (bicyclic) bond motifs is 1. The summed E-state index contributed by atoms with van der Waals surface area (Å²) in [7, 11) is 0. The second-order valence-electron chi connectivity index (χ2n) is 5.33. The Morgan fingerprint density at radius 2 is 1.65 bits per heavy atom. The highest BCUT2D eigenvalue weighted by molar-refractivity contribution is 5.94. The molecule has 2 aromatic rings. The molecule has 0 aliphatic heterocycles. The smallest absolute Gasteiger partial charge is 0.248 e. The number of hydrogen-bond acceptors (Lipinski definition) is 2. The van der Waals surface area contributed by atoms with Crippen LogP contribution < -0.4 is 11.5 Å². The van der Waals surface area contributed by atoms with Gasteiger partial charge in [0.05, 0.1) is 0 Å². The lowest BCUT2D eigenvalue weighted by Gasteiger charge is -2.32. The van der Waals surface area contributed by atoms with E-state index in [-0.39, 0.29) is 12.0 Å². The van der Waals surface area contributed by atoms with E-state index in [0.717, 1.165) is 18.4 Å². The predicted octanol–water partition coefficient (Wildman–Crippen LogP) is 2.19. The quantitative estimate of drug-likeness (QED) is 0.874. The van der Waals surface area contributed by atoms with Gasteiger partial charge in [-0.15, -0.1) is 0 Å². The molecule has 1 amide bonds. The lowest BCUT2D eigenvalue weighted by Crippen LogP contribution is -2.35. The average Bonchev–Trinajstić information content (AvgIpc) is 2.47. The molecule has 3 rings (SSSR count). The summed E-state index contributed by atoms with van der Waals surface area (Å²) in [5.74, 6) is -0.348. The van der Waals surface area contributed by atoms with Gasteiger partial charge < -0.3 is 11.5 Å². The van der Waals surface area contributed by atoms with E-state index in [1.165, 1.54) is 11.1 Å². The molecule has 0 fully saturated rings. The highest BCUT2D eigenvalue weighted by Gasteiger charge is 2.30. The van der Waals surface area contributed by atoms with Crippen molar-refractivity contribution in [2.45, 2.75) is 24.8 Å². The third-order valence-corrected chi connectivity index (χ3v) is 4.13. The third kappa shape index (κ3) is 2.10. The van der Waals surface area contributed by atoms with Crippen LogP contribution in [0.4, 0.5) is 0 Å². The van der Waals surface area contributed by atoms with Gasteiger partial charge in [-0.3, -0.25) is 4.79 Å². The lowest BCUT2D eigenvalue weighted by molar-refractivity contribution is 0.0999. The molecule has 0 saturated heterocycles. The van der Waals surface area contributed by atoms with Crippen molar-refractivity contribution < 1.29 is 4.79 Å². The first-order valence-electron chi connectivity index (χ1n) is 6.90. The van der Waals surface area contributed by atoms with E-state index in [4.69, 9.17) is 11.5 Å². The highest BCUT2D eigenvalue weighted by atomic mass is 16.1. The lowest BCUT2D eigenvalue weighted by atomic mass is 9.74. The van der Waals surface area contributed by atoms with Crippen molar-refractivity contribution in [2.24, 2.45) is 11.5 Å². The van der Waals surface area contributed by atoms with Gasteiger partial charge in [-0.05, 0) is 35.6 Å². The van der Waals surface area contributed by atoms with Crippen LogP contribution in [0.2, 0.25) is 0 Å². The molecule has 0 radical (unpaired) electrons. The summed E-state index contributed by atoms with van der Waals surface area (Å²) in [4.78, 5) is 11.7. The van der Waals surface area contributed by atoms with Crippen LogP contribution in [-0.4, -0.2) is 11.9 Å².